The number of piperidine rings is 1. The number of thiazole rings is 1. The molecule has 3 heterocycles. The Morgan fingerprint density at radius 1 is 1.50 bits per heavy atom. The van der Waals surface area contributed by atoms with Crippen molar-refractivity contribution >= 4 is 17.2 Å². The maximum atomic E-state index is 12.4. The van der Waals surface area contributed by atoms with Gasteiger partial charge in [0.05, 0.1) is 24.8 Å². The number of hydrogen-bond donors (Lipinski definition) is 0. The van der Waals surface area contributed by atoms with E-state index in [4.69, 9.17) is 9.47 Å². The Bertz CT molecular complexity index is 482. The molecule has 2 atom stereocenters. The number of carbonyl (C=O) groups is 1. The highest BCUT2D eigenvalue weighted by molar-refractivity contribution is 7.07. The smallest absolute Gasteiger partial charge is 0.273 e. The molecule has 1 aromatic heterocycles. The second kappa shape index (κ2) is 7.50. The SMILES string of the molecule is COCCN1CCO[C@@H]2CN(C(=O)c3cscn3)CC[C@@H]2C1. The molecule has 0 unspecified atom stereocenters. The van der Waals surface area contributed by atoms with Crippen molar-refractivity contribution in [2.45, 2.75) is 12.5 Å². The molecule has 0 saturated carbocycles. The van der Waals surface area contributed by atoms with Crippen LogP contribution in [0.25, 0.3) is 0 Å². The van der Waals surface area contributed by atoms with E-state index in [-0.39, 0.29) is 12.0 Å². The van der Waals surface area contributed by atoms with Crippen LogP contribution in [0.3, 0.4) is 0 Å². The molecule has 0 radical (unpaired) electrons. The first-order valence-corrected chi connectivity index (χ1v) is 8.72. The molecule has 3 rings (SSSR count). The number of likely N-dealkylation sites (tertiary alicyclic amines) is 1. The van der Waals surface area contributed by atoms with E-state index in [1.165, 1.54) is 11.3 Å². The Balaban J connectivity index is 1.58. The van der Waals surface area contributed by atoms with Crippen LogP contribution in [-0.2, 0) is 9.47 Å². The number of methoxy groups -OCH3 is 1. The molecular formula is C15H23N3O3S. The number of carbonyl (C=O) groups excluding carboxylic acids is 1. The minimum atomic E-state index is 0.0313. The largest absolute Gasteiger partial charge is 0.383 e. The average molecular weight is 325 g/mol. The van der Waals surface area contributed by atoms with Crippen LogP contribution < -0.4 is 0 Å². The van der Waals surface area contributed by atoms with Crippen molar-refractivity contribution in [1.82, 2.24) is 14.8 Å². The topological polar surface area (TPSA) is 54.9 Å². The third-order valence-corrected chi connectivity index (χ3v) is 5.06. The van der Waals surface area contributed by atoms with Crippen molar-refractivity contribution in [1.29, 1.82) is 0 Å². The fraction of sp³-hybridized carbons (Fsp3) is 0.733. The summed E-state index contributed by atoms with van der Waals surface area (Å²) >= 11 is 1.46. The van der Waals surface area contributed by atoms with Gasteiger partial charge in [0.2, 0.25) is 0 Å². The highest BCUT2D eigenvalue weighted by atomic mass is 32.1. The van der Waals surface area contributed by atoms with Crippen LogP contribution in [0.4, 0.5) is 0 Å². The lowest BCUT2D eigenvalue weighted by molar-refractivity contribution is -0.0172. The van der Waals surface area contributed by atoms with Gasteiger partial charge in [-0.1, -0.05) is 0 Å². The van der Waals surface area contributed by atoms with E-state index in [1.807, 2.05) is 10.3 Å². The highest BCUT2D eigenvalue weighted by Crippen LogP contribution is 2.25. The summed E-state index contributed by atoms with van der Waals surface area (Å²) in [6, 6.07) is 0. The van der Waals surface area contributed by atoms with E-state index in [0.717, 1.165) is 45.8 Å². The van der Waals surface area contributed by atoms with Crippen molar-refractivity contribution in [3.63, 3.8) is 0 Å². The molecule has 22 heavy (non-hydrogen) atoms. The summed E-state index contributed by atoms with van der Waals surface area (Å²) in [6.07, 6.45) is 1.13. The maximum Gasteiger partial charge on any atom is 0.273 e. The summed E-state index contributed by atoms with van der Waals surface area (Å²) in [7, 11) is 1.74. The average Bonchev–Trinajstić information content (AvgIpc) is 2.99. The van der Waals surface area contributed by atoms with Crippen molar-refractivity contribution in [2.24, 2.45) is 5.92 Å². The Kier molecular flexibility index (Phi) is 5.41. The standard InChI is InChI=1S/C15H23N3O3S/c1-20-6-4-17-5-7-21-14-9-18(3-2-12(14)8-17)15(19)13-10-22-11-16-13/h10-12,14H,2-9H2,1H3/t12-,14-/m1/s1. The van der Waals surface area contributed by atoms with Crippen LogP contribution in [0.5, 0.6) is 0 Å². The van der Waals surface area contributed by atoms with Gasteiger partial charge in [0, 0.05) is 51.1 Å². The molecule has 7 heteroatoms. The van der Waals surface area contributed by atoms with Crippen LogP contribution in [0.2, 0.25) is 0 Å². The summed E-state index contributed by atoms with van der Waals surface area (Å²) in [5.41, 5.74) is 2.26. The third-order valence-electron chi connectivity index (χ3n) is 4.48. The van der Waals surface area contributed by atoms with Gasteiger partial charge in [-0.15, -0.1) is 11.3 Å². The van der Waals surface area contributed by atoms with Gasteiger partial charge in [0.25, 0.3) is 5.91 Å². The lowest BCUT2D eigenvalue weighted by Gasteiger charge is -2.37. The number of nitrogens with zero attached hydrogens (tertiary/aromatic N) is 3. The Labute approximate surface area is 135 Å². The van der Waals surface area contributed by atoms with Crippen molar-refractivity contribution in [3.05, 3.63) is 16.6 Å². The molecule has 0 aliphatic carbocycles. The van der Waals surface area contributed by atoms with Crippen molar-refractivity contribution < 1.29 is 14.3 Å². The fourth-order valence-electron chi connectivity index (χ4n) is 3.21. The molecule has 1 amide bonds. The molecule has 0 spiro atoms. The first-order valence-electron chi connectivity index (χ1n) is 7.78. The molecule has 2 aliphatic heterocycles. The predicted octanol–water partition coefficient (Wildman–Crippen LogP) is 0.952. The van der Waals surface area contributed by atoms with E-state index < -0.39 is 0 Å². The second-order valence-electron chi connectivity index (χ2n) is 5.88. The quantitative estimate of drug-likeness (QED) is 0.825. The normalized spacial score (nSPS) is 26.5. The zero-order chi connectivity index (χ0) is 15.4. The summed E-state index contributed by atoms with van der Waals surface area (Å²) in [5, 5.41) is 1.81. The van der Waals surface area contributed by atoms with Crippen LogP contribution >= 0.6 is 11.3 Å². The number of amides is 1. The van der Waals surface area contributed by atoms with E-state index in [0.29, 0.717) is 18.2 Å². The zero-order valence-corrected chi connectivity index (χ0v) is 13.8. The summed E-state index contributed by atoms with van der Waals surface area (Å²) in [6.45, 7) is 5.88. The molecular weight excluding hydrogens is 302 g/mol. The van der Waals surface area contributed by atoms with Crippen molar-refractivity contribution in [2.75, 3.05) is 53.0 Å². The molecule has 2 fully saturated rings. The van der Waals surface area contributed by atoms with E-state index in [1.54, 1.807) is 12.6 Å². The molecule has 0 N–H and O–H groups in total. The van der Waals surface area contributed by atoms with Gasteiger partial charge in [-0.3, -0.25) is 9.69 Å². The van der Waals surface area contributed by atoms with Crippen LogP contribution in [0.1, 0.15) is 16.9 Å². The Morgan fingerprint density at radius 3 is 3.18 bits per heavy atom. The van der Waals surface area contributed by atoms with Gasteiger partial charge in [-0.05, 0) is 6.42 Å². The van der Waals surface area contributed by atoms with Gasteiger partial charge < -0.3 is 14.4 Å². The molecule has 0 aromatic carbocycles. The van der Waals surface area contributed by atoms with Gasteiger partial charge in [0.15, 0.2) is 0 Å². The molecule has 122 valence electrons. The third kappa shape index (κ3) is 3.65. The molecule has 1 aromatic rings. The zero-order valence-electron chi connectivity index (χ0n) is 12.9. The van der Waals surface area contributed by atoms with Crippen molar-refractivity contribution in [3.8, 4) is 0 Å². The number of rotatable bonds is 4. The number of aromatic nitrogens is 1. The Hall–Kier alpha value is -1.02. The fourth-order valence-corrected chi connectivity index (χ4v) is 3.73. The molecule has 2 saturated heterocycles. The van der Waals surface area contributed by atoms with Crippen LogP contribution in [-0.4, -0.2) is 79.8 Å². The van der Waals surface area contributed by atoms with Gasteiger partial charge in [-0.2, -0.15) is 0 Å². The van der Waals surface area contributed by atoms with Gasteiger partial charge >= 0.3 is 0 Å². The van der Waals surface area contributed by atoms with E-state index >= 15 is 0 Å². The van der Waals surface area contributed by atoms with E-state index in [9.17, 15) is 4.79 Å². The Morgan fingerprint density at radius 2 is 2.41 bits per heavy atom. The lowest BCUT2D eigenvalue weighted by atomic mass is 9.93. The van der Waals surface area contributed by atoms with Crippen LogP contribution in [0.15, 0.2) is 10.9 Å². The second-order valence-corrected chi connectivity index (χ2v) is 6.59. The number of ether oxygens (including phenoxy) is 2. The highest BCUT2D eigenvalue weighted by Gasteiger charge is 2.35. The molecule has 6 nitrogen and oxygen atoms in total. The first-order chi connectivity index (χ1) is 10.8. The maximum absolute atomic E-state index is 12.4. The molecule has 2 aliphatic rings. The minimum Gasteiger partial charge on any atom is -0.383 e. The summed E-state index contributed by atoms with van der Waals surface area (Å²) in [4.78, 5) is 20.8. The molecule has 0 bridgehead atoms. The first kappa shape index (κ1) is 15.9. The van der Waals surface area contributed by atoms with Gasteiger partial charge in [-0.25, -0.2) is 4.98 Å². The van der Waals surface area contributed by atoms with E-state index in [2.05, 4.69) is 9.88 Å². The lowest BCUT2D eigenvalue weighted by Crippen LogP contribution is -2.49. The summed E-state index contributed by atoms with van der Waals surface area (Å²) < 4.78 is 11.2. The number of fused-ring (bicyclic) bond motifs is 1. The monoisotopic (exact) mass is 325 g/mol. The van der Waals surface area contributed by atoms with Crippen LogP contribution in [0, 0.1) is 5.92 Å². The number of hydrogen-bond acceptors (Lipinski definition) is 6. The minimum absolute atomic E-state index is 0.0313. The predicted molar refractivity (Wildman–Crippen MR) is 84.2 cm³/mol. The van der Waals surface area contributed by atoms with Gasteiger partial charge in [0.1, 0.15) is 5.69 Å². The summed E-state index contributed by atoms with van der Waals surface area (Å²) in [5.74, 6) is 0.530.